The monoisotopic (exact) mass is 448 g/mol. The van der Waals surface area contributed by atoms with Crippen molar-refractivity contribution < 1.29 is 24.2 Å². The van der Waals surface area contributed by atoms with Crippen LogP contribution in [0.1, 0.15) is 40.7 Å². The molecule has 0 radical (unpaired) electrons. The average Bonchev–Trinajstić information content (AvgIpc) is 3.30. The summed E-state index contributed by atoms with van der Waals surface area (Å²) in [6, 6.07) is 15.6. The second-order valence-corrected chi connectivity index (χ2v) is 7.96. The summed E-state index contributed by atoms with van der Waals surface area (Å²) in [6.45, 7) is 1.85. The van der Waals surface area contributed by atoms with E-state index < -0.39 is 24.0 Å². The van der Waals surface area contributed by atoms with Gasteiger partial charge in [0.05, 0.1) is 6.20 Å². The van der Waals surface area contributed by atoms with E-state index in [1.807, 2.05) is 36.4 Å². The van der Waals surface area contributed by atoms with Crippen LogP contribution in [0, 0.1) is 0 Å². The largest absolute Gasteiger partial charge is 0.477 e. The van der Waals surface area contributed by atoms with Gasteiger partial charge in [-0.15, -0.1) is 0 Å². The summed E-state index contributed by atoms with van der Waals surface area (Å²) >= 11 is 0. The van der Waals surface area contributed by atoms with Crippen molar-refractivity contribution in [2.75, 3.05) is 11.9 Å². The zero-order valence-electron chi connectivity index (χ0n) is 18.2. The molecule has 0 saturated heterocycles. The summed E-state index contributed by atoms with van der Waals surface area (Å²) in [5.41, 5.74) is 4.41. The number of benzene rings is 2. The lowest BCUT2D eigenvalue weighted by Crippen LogP contribution is -2.36. The van der Waals surface area contributed by atoms with Crippen LogP contribution in [0.4, 0.5) is 10.6 Å². The number of nitrogens with zero attached hydrogens (tertiary/aromatic N) is 2. The van der Waals surface area contributed by atoms with Crippen LogP contribution in [-0.4, -0.2) is 45.5 Å². The summed E-state index contributed by atoms with van der Waals surface area (Å²) in [6.07, 6.45) is 0.481. The topological polar surface area (TPSA) is 123 Å². The van der Waals surface area contributed by atoms with Gasteiger partial charge in [0, 0.05) is 25.4 Å². The highest BCUT2D eigenvalue weighted by atomic mass is 16.5. The molecule has 33 heavy (non-hydrogen) atoms. The van der Waals surface area contributed by atoms with Crippen molar-refractivity contribution in [1.82, 2.24) is 15.1 Å². The number of carbonyl (C=O) groups excluding carboxylic acids is 2. The van der Waals surface area contributed by atoms with Crippen molar-refractivity contribution in [1.29, 1.82) is 0 Å². The van der Waals surface area contributed by atoms with Gasteiger partial charge < -0.3 is 20.5 Å². The minimum absolute atomic E-state index is 0.0546. The zero-order valence-corrected chi connectivity index (χ0v) is 18.2. The molecule has 2 aromatic carbocycles. The first-order chi connectivity index (χ1) is 15.8. The fourth-order valence-electron chi connectivity index (χ4n) is 4.10. The van der Waals surface area contributed by atoms with Gasteiger partial charge in [0.2, 0.25) is 5.91 Å². The van der Waals surface area contributed by atoms with E-state index in [4.69, 9.17) is 4.74 Å². The summed E-state index contributed by atoms with van der Waals surface area (Å²) in [4.78, 5) is 35.9. The van der Waals surface area contributed by atoms with E-state index in [9.17, 15) is 19.5 Å². The van der Waals surface area contributed by atoms with Gasteiger partial charge in [-0.1, -0.05) is 48.5 Å². The van der Waals surface area contributed by atoms with Gasteiger partial charge in [0.1, 0.15) is 18.0 Å². The SMILES string of the molecule is C[C@@H](CC(=O)Nc1c(C(=O)O)cnn1C)NC(=O)OCC1c2ccccc2-c2ccccc21. The second-order valence-electron chi connectivity index (χ2n) is 7.96. The Hall–Kier alpha value is -4.14. The van der Waals surface area contributed by atoms with E-state index in [2.05, 4.69) is 27.9 Å². The minimum Gasteiger partial charge on any atom is -0.477 e. The number of aromatic nitrogens is 2. The lowest BCUT2D eigenvalue weighted by molar-refractivity contribution is -0.116. The van der Waals surface area contributed by atoms with E-state index in [-0.39, 0.29) is 30.3 Å². The number of amides is 2. The van der Waals surface area contributed by atoms with E-state index in [1.54, 1.807) is 6.92 Å². The van der Waals surface area contributed by atoms with Crippen molar-refractivity contribution in [3.05, 3.63) is 71.4 Å². The molecular weight excluding hydrogens is 424 g/mol. The van der Waals surface area contributed by atoms with Gasteiger partial charge in [0.15, 0.2) is 0 Å². The summed E-state index contributed by atoms with van der Waals surface area (Å²) in [5, 5.41) is 18.2. The van der Waals surface area contributed by atoms with Crippen LogP contribution in [0.15, 0.2) is 54.7 Å². The Morgan fingerprint density at radius 3 is 2.30 bits per heavy atom. The summed E-state index contributed by atoms with van der Waals surface area (Å²) in [5.74, 6) is -1.61. The molecule has 1 atom stereocenters. The molecule has 3 aromatic rings. The molecule has 0 aliphatic heterocycles. The molecule has 0 unspecified atom stereocenters. The molecule has 2 amide bonds. The normalized spacial score (nSPS) is 13.0. The third kappa shape index (κ3) is 4.57. The number of rotatable bonds is 7. The zero-order chi connectivity index (χ0) is 23.5. The van der Waals surface area contributed by atoms with Crippen LogP contribution in [0.5, 0.6) is 0 Å². The van der Waals surface area contributed by atoms with Gasteiger partial charge in [-0.25, -0.2) is 9.59 Å². The average molecular weight is 448 g/mol. The molecule has 4 rings (SSSR count). The molecule has 1 aliphatic rings. The summed E-state index contributed by atoms with van der Waals surface area (Å²) < 4.78 is 6.76. The Bertz CT molecular complexity index is 1170. The van der Waals surface area contributed by atoms with Crippen molar-refractivity contribution in [3.8, 4) is 11.1 Å². The van der Waals surface area contributed by atoms with Gasteiger partial charge in [-0.2, -0.15) is 5.10 Å². The molecule has 170 valence electrons. The highest BCUT2D eigenvalue weighted by molar-refractivity contribution is 5.99. The predicted molar refractivity (Wildman–Crippen MR) is 121 cm³/mol. The van der Waals surface area contributed by atoms with Crippen LogP contribution in [0.2, 0.25) is 0 Å². The quantitative estimate of drug-likeness (QED) is 0.509. The van der Waals surface area contributed by atoms with Crippen LogP contribution in [0.25, 0.3) is 11.1 Å². The number of fused-ring (bicyclic) bond motifs is 3. The Morgan fingerprint density at radius 2 is 1.70 bits per heavy atom. The van der Waals surface area contributed by atoms with Crippen LogP contribution in [-0.2, 0) is 16.6 Å². The smallest absolute Gasteiger partial charge is 0.407 e. The van der Waals surface area contributed by atoms with Gasteiger partial charge in [-0.05, 0) is 29.2 Å². The van der Waals surface area contributed by atoms with Gasteiger partial charge in [0.25, 0.3) is 0 Å². The molecule has 1 aliphatic carbocycles. The molecule has 9 heteroatoms. The van der Waals surface area contributed by atoms with E-state index in [1.165, 1.54) is 11.7 Å². The van der Waals surface area contributed by atoms with Gasteiger partial charge in [-0.3, -0.25) is 9.48 Å². The molecule has 0 spiro atoms. The number of aryl methyl sites for hydroxylation is 1. The van der Waals surface area contributed by atoms with Crippen molar-refractivity contribution in [3.63, 3.8) is 0 Å². The maximum absolute atomic E-state index is 12.4. The highest BCUT2D eigenvalue weighted by Crippen LogP contribution is 2.44. The molecule has 0 bridgehead atoms. The molecule has 0 fully saturated rings. The third-order valence-electron chi connectivity index (χ3n) is 5.63. The minimum atomic E-state index is -1.19. The highest BCUT2D eigenvalue weighted by Gasteiger charge is 2.29. The van der Waals surface area contributed by atoms with Gasteiger partial charge >= 0.3 is 12.1 Å². The molecular formula is C24H24N4O5. The molecule has 1 heterocycles. The first kappa shape index (κ1) is 22.1. The number of ether oxygens (including phenoxy) is 1. The van der Waals surface area contributed by atoms with E-state index >= 15 is 0 Å². The molecule has 0 saturated carbocycles. The predicted octanol–water partition coefficient (Wildman–Crippen LogP) is 3.37. The maximum atomic E-state index is 12.4. The second kappa shape index (κ2) is 9.15. The first-order valence-electron chi connectivity index (χ1n) is 10.5. The lowest BCUT2D eigenvalue weighted by Gasteiger charge is -2.17. The van der Waals surface area contributed by atoms with E-state index in [0.29, 0.717) is 0 Å². The maximum Gasteiger partial charge on any atom is 0.407 e. The number of carboxylic acids is 1. The number of hydrogen-bond acceptors (Lipinski definition) is 5. The summed E-state index contributed by atoms with van der Waals surface area (Å²) in [7, 11) is 1.53. The number of carboxylic acid groups (broad SMARTS) is 1. The van der Waals surface area contributed by atoms with Crippen LogP contribution in [0.3, 0.4) is 0 Å². The van der Waals surface area contributed by atoms with Crippen LogP contribution >= 0.6 is 0 Å². The van der Waals surface area contributed by atoms with Crippen molar-refractivity contribution >= 4 is 23.8 Å². The Labute approximate surface area is 190 Å². The van der Waals surface area contributed by atoms with E-state index in [0.717, 1.165) is 28.5 Å². The number of anilines is 1. The molecule has 3 N–H and O–H groups in total. The third-order valence-corrected chi connectivity index (χ3v) is 5.63. The number of alkyl carbamates (subject to hydrolysis) is 1. The Balaban J connectivity index is 1.32. The van der Waals surface area contributed by atoms with Crippen molar-refractivity contribution in [2.24, 2.45) is 7.05 Å². The number of hydrogen-bond donors (Lipinski definition) is 3. The Kier molecular flexibility index (Phi) is 6.12. The first-order valence-corrected chi connectivity index (χ1v) is 10.5. The number of carbonyl (C=O) groups is 3. The molecule has 9 nitrogen and oxygen atoms in total. The number of nitrogens with one attached hydrogen (secondary N) is 2. The molecule has 1 aromatic heterocycles. The van der Waals surface area contributed by atoms with Crippen molar-refractivity contribution in [2.45, 2.75) is 25.3 Å². The number of aromatic carboxylic acids is 1. The van der Waals surface area contributed by atoms with Crippen LogP contribution < -0.4 is 10.6 Å². The fourth-order valence-corrected chi connectivity index (χ4v) is 4.10. The Morgan fingerprint density at radius 1 is 1.09 bits per heavy atom. The lowest BCUT2D eigenvalue weighted by atomic mass is 9.98. The standard InChI is InChI=1S/C24H24N4O5/c1-14(11-21(29)27-22-19(23(30)31)12-25-28(22)2)26-24(32)33-13-20-17-9-5-3-7-15(17)16-8-4-6-10-18(16)20/h3-10,12,14,20H,11,13H2,1-2H3,(H,26,32)(H,27,29)(H,30,31)/t14-/m0/s1. The fraction of sp³-hybridized carbons (Fsp3) is 0.250.